The fraction of sp³-hybridized carbons (Fsp3) is 0.577. The molecule has 188 valence electrons. The lowest BCUT2D eigenvalue weighted by Gasteiger charge is -2.30. The molecule has 1 aromatic carbocycles. The number of likely N-dealkylation sites (tertiary alicyclic amines) is 1. The molecule has 9 heteroatoms. The van der Waals surface area contributed by atoms with E-state index < -0.39 is 5.69 Å². The number of urea groups is 1. The predicted octanol–water partition coefficient (Wildman–Crippen LogP) is 1.52. The number of nitrogens with zero attached hydrogens (tertiary/aromatic N) is 4. The summed E-state index contributed by atoms with van der Waals surface area (Å²) >= 11 is 0. The highest BCUT2D eigenvalue weighted by molar-refractivity contribution is 5.88. The number of rotatable bonds is 6. The van der Waals surface area contributed by atoms with Gasteiger partial charge in [-0.3, -0.25) is 14.8 Å². The molecular formula is C26H37N7O2. The van der Waals surface area contributed by atoms with Crippen LogP contribution in [0, 0.1) is 17.8 Å². The van der Waals surface area contributed by atoms with Crippen molar-refractivity contribution in [2.75, 3.05) is 44.6 Å². The molecule has 1 saturated carbocycles. The lowest BCUT2D eigenvalue weighted by atomic mass is 9.95. The van der Waals surface area contributed by atoms with Gasteiger partial charge in [0.2, 0.25) is 0 Å². The summed E-state index contributed by atoms with van der Waals surface area (Å²) < 4.78 is 1.50. The Hall–Kier alpha value is -2.75. The number of anilines is 1. The normalized spacial score (nSPS) is 25.3. The molecule has 35 heavy (non-hydrogen) atoms. The molecule has 9 nitrogen and oxygen atoms in total. The zero-order valence-corrected chi connectivity index (χ0v) is 20.9. The molecule has 0 radical (unpaired) electrons. The Kier molecular flexibility index (Phi) is 6.41. The fourth-order valence-corrected chi connectivity index (χ4v) is 6.01. The maximum Gasteiger partial charge on any atom is 0.354 e. The van der Waals surface area contributed by atoms with Crippen LogP contribution in [-0.4, -0.2) is 76.2 Å². The average molecular weight is 480 g/mol. The molecule has 2 amide bonds. The van der Waals surface area contributed by atoms with Crippen molar-refractivity contribution in [2.45, 2.75) is 38.8 Å². The third kappa shape index (κ3) is 5.12. The van der Waals surface area contributed by atoms with Gasteiger partial charge in [0.25, 0.3) is 0 Å². The molecule has 2 saturated heterocycles. The first-order valence-electron chi connectivity index (χ1n) is 12.7. The van der Waals surface area contributed by atoms with Crippen LogP contribution in [0.1, 0.15) is 26.3 Å². The maximum atomic E-state index is 12.6. The Morgan fingerprint density at radius 1 is 1.17 bits per heavy atom. The van der Waals surface area contributed by atoms with Gasteiger partial charge < -0.3 is 16.0 Å². The van der Waals surface area contributed by atoms with E-state index in [2.05, 4.69) is 53.4 Å². The highest BCUT2D eigenvalue weighted by atomic mass is 16.2. The van der Waals surface area contributed by atoms with Crippen molar-refractivity contribution >= 4 is 11.8 Å². The summed E-state index contributed by atoms with van der Waals surface area (Å²) in [4.78, 5) is 33.4. The van der Waals surface area contributed by atoms with Gasteiger partial charge >= 0.3 is 11.7 Å². The lowest BCUT2D eigenvalue weighted by molar-refractivity contribution is 0.202. The highest BCUT2D eigenvalue weighted by Crippen LogP contribution is 2.56. The van der Waals surface area contributed by atoms with Gasteiger partial charge in [-0.25, -0.2) is 9.59 Å². The van der Waals surface area contributed by atoms with Crippen molar-refractivity contribution in [3.05, 3.63) is 52.6 Å². The van der Waals surface area contributed by atoms with Gasteiger partial charge in [-0.05, 0) is 68.7 Å². The number of nitrogens with two attached hydrogens (primary N) is 1. The first kappa shape index (κ1) is 24.0. The number of hydrogen-bond donors (Lipinski definition) is 3. The smallest absolute Gasteiger partial charge is 0.325 e. The molecule has 5 rings (SSSR count). The summed E-state index contributed by atoms with van der Waals surface area (Å²) in [7, 11) is 0. The first-order valence-corrected chi connectivity index (χ1v) is 12.7. The molecule has 2 aromatic rings. The van der Waals surface area contributed by atoms with E-state index in [4.69, 9.17) is 5.73 Å². The van der Waals surface area contributed by atoms with Crippen LogP contribution in [0.25, 0.3) is 5.69 Å². The van der Waals surface area contributed by atoms with Crippen LogP contribution in [0.15, 0.2) is 41.3 Å². The number of carbonyl (C=O) groups is 1. The number of piperazine rings is 1. The Morgan fingerprint density at radius 3 is 2.43 bits per heavy atom. The molecule has 0 spiro atoms. The van der Waals surface area contributed by atoms with Crippen molar-refractivity contribution in [3.63, 3.8) is 0 Å². The minimum Gasteiger partial charge on any atom is -0.325 e. The van der Waals surface area contributed by atoms with Crippen molar-refractivity contribution in [3.8, 4) is 5.69 Å². The standard InChI is InChI=1S/C26H37N7O2/c1-17(32-15-20-21(16-32)23(20)26(2,3)27)14-18-4-6-19(7-5-18)33-11-8-22(30-25(33)35)29-24(34)31-12-9-28-10-13-31/h4-8,11,17,20-21,23,28H,9-10,12-16,27H2,1-3H3,(H,29,30,34,35)/t17?,20-,21+,23?. The second-order valence-corrected chi connectivity index (χ2v) is 11.0. The predicted molar refractivity (Wildman–Crippen MR) is 137 cm³/mol. The minimum atomic E-state index is -0.419. The molecule has 0 bridgehead atoms. The van der Waals surface area contributed by atoms with Gasteiger partial charge in [0.05, 0.1) is 5.69 Å². The summed E-state index contributed by atoms with van der Waals surface area (Å²) in [5.41, 5.74) is 7.86. The molecule has 3 fully saturated rings. The quantitative estimate of drug-likeness (QED) is 0.580. The molecule has 1 aromatic heterocycles. The number of amides is 2. The molecule has 2 aliphatic heterocycles. The van der Waals surface area contributed by atoms with Crippen molar-refractivity contribution in [2.24, 2.45) is 23.5 Å². The monoisotopic (exact) mass is 479 g/mol. The molecular weight excluding hydrogens is 442 g/mol. The number of benzene rings is 1. The Morgan fingerprint density at radius 2 is 1.83 bits per heavy atom. The SMILES string of the molecule is CC(Cc1ccc(-n2ccc(NC(=O)N3CCNCC3)nc2=O)cc1)N1C[C@@H]2C(C(C)(C)N)[C@@H]2C1. The van der Waals surface area contributed by atoms with Crippen molar-refractivity contribution < 1.29 is 4.79 Å². The van der Waals surface area contributed by atoms with Crippen LogP contribution in [0.5, 0.6) is 0 Å². The second kappa shape index (κ2) is 9.37. The Balaban J connectivity index is 1.17. The highest BCUT2D eigenvalue weighted by Gasteiger charge is 2.60. The van der Waals surface area contributed by atoms with Crippen LogP contribution in [0.4, 0.5) is 10.6 Å². The molecule has 3 heterocycles. The van der Waals surface area contributed by atoms with Gasteiger partial charge in [0, 0.05) is 57.0 Å². The van der Waals surface area contributed by atoms with Gasteiger partial charge in [0.15, 0.2) is 0 Å². The van der Waals surface area contributed by atoms with Crippen LogP contribution in [0.2, 0.25) is 0 Å². The Labute approximate surface area is 206 Å². The zero-order valence-electron chi connectivity index (χ0n) is 20.9. The third-order valence-electron chi connectivity index (χ3n) is 7.89. The summed E-state index contributed by atoms with van der Waals surface area (Å²) in [6.45, 7) is 11.7. The van der Waals surface area contributed by atoms with E-state index in [1.165, 1.54) is 10.1 Å². The summed E-state index contributed by atoms with van der Waals surface area (Å²) in [5, 5.41) is 5.94. The van der Waals surface area contributed by atoms with E-state index in [9.17, 15) is 9.59 Å². The number of piperidine rings is 1. The number of fused-ring (bicyclic) bond motifs is 1. The summed E-state index contributed by atoms with van der Waals surface area (Å²) in [6.07, 6.45) is 2.63. The van der Waals surface area contributed by atoms with Crippen molar-refractivity contribution in [1.82, 2.24) is 24.7 Å². The van der Waals surface area contributed by atoms with Gasteiger partial charge in [-0.2, -0.15) is 4.98 Å². The van der Waals surface area contributed by atoms with E-state index in [1.54, 1.807) is 17.2 Å². The molecule has 4 atom stereocenters. The number of carbonyl (C=O) groups excluding carboxylic acids is 1. The molecule has 1 aliphatic carbocycles. The molecule has 3 aliphatic rings. The molecule has 2 unspecified atom stereocenters. The van der Waals surface area contributed by atoms with Gasteiger partial charge in [-0.15, -0.1) is 0 Å². The van der Waals surface area contributed by atoms with Crippen LogP contribution in [-0.2, 0) is 6.42 Å². The second-order valence-electron chi connectivity index (χ2n) is 11.0. The van der Waals surface area contributed by atoms with E-state index in [1.807, 2.05) is 12.1 Å². The number of aromatic nitrogens is 2. The first-order chi connectivity index (χ1) is 16.7. The zero-order chi connectivity index (χ0) is 24.7. The number of hydrogen-bond acceptors (Lipinski definition) is 6. The van der Waals surface area contributed by atoms with E-state index in [0.29, 0.717) is 25.0 Å². The largest absolute Gasteiger partial charge is 0.354 e. The van der Waals surface area contributed by atoms with Gasteiger partial charge in [-0.1, -0.05) is 12.1 Å². The summed E-state index contributed by atoms with van der Waals surface area (Å²) in [5.74, 6) is 2.44. The summed E-state index contributed by atoms with van der Waals surface area (Å²) in [6, 6.07) is 9.98. The van der Waals surface area contributed by atoms with Crippen LogP contribution < -0.4 is 22.1 Å². The van der Waals surface area contributed by atoms with E-state index >= 15 is 0 Å². The minimum absolute atomic E-state index is 0.0672. The number of nitrogens with one attached hydrogen (secondary N) is 2. The fourth-order valence-electron chi connectivity index (χ4n) is 6.01. The maximum absolute atomic E-state index is 12.6. The topological polar surface area (TPSA) is 109 Å². The molecule has 4 N–H and O–H groups in total. The average Bonchev–Trinajstić information content (AvgIpc) is 3.37. The lowest BCUT2D eigenvalue weighted by Crippen LogP contribution is -2.48. The van der Waals surface area contributed by atoms with Crippen molar-refractivity contribution in [1.29, 1.82) is 0 Å². The van der Waals surface area contributed by atoms with Crippen LogP contribution >= 0.6 is 0 Å². The van der Waals surface area contributed by atoms with E-state index in [0.717, 1.165) is 50.1 Å². The van der Waals surface area contributed by atoms with Crippen LogP contribution in [0.3, 0.4) is 0 Å². The van der Waals surface area contributed by atoms with Gasteiger partial charge in [0.1, 0.15) is 5.82 Å². The Bertz CT molecular complexity index is 1110. The third-order valence-corrected chi connectivity index (χ3v) is 7.89. The van der Waals surface area contributed by atoms with E-state index in [-0.39, 0.29) is 17.4 Å².